The molecule has 2 aromatic rings. The second kappa shape index (κ2) is 4.14. The van der Waals surface area contributed by atoms with Crippen molar-refractivity contribution in [1.82, 2.24) is 4.57 Å². The highest BCUT2D eigenvalue weighted by Crippen LogP contribution is 2.34. The molecule has 0 radical (unpaired) electrons. The number of fused-ring (bicyclic) bond motifs is 1. The van der Waals surface area contributed by atoms with Crippen LogP contribution >= 0.6 is 15.9 Å². The van der Waals surface area contributed by atoms with Gasteiger partial charge in [-0.05, 0) is 45.9 Å². The summed E-state index contributed by atoms with van der Waals surface area (Å²) in [5, 5.41) is 11.4. The summed E-state index contributed by atoms with van der Waals surface area (Å²) in [7, 11) is 0. The van der Waals surface area contributed by atoms with Gasteiger partial charge >= 0.3 is 0 Å². The van der Waals surface area contributed by atoms with E-state index in [1.54, 1.807) is 0 Å². The van der Waals surface area contributed by atoms with Crippen LogP contribution in [0.2, 0.25) is 0 Å². The minimum Gasteiger partial charge on any atom is -0.384 e. The van der Waals surface area contributed by atoms with Crippen LogP contribution in [0.15, 0.2) is 28.7 Å². The first-order valence-corrected chi connectivity index (χ1v) is 6.64. The van der Waals surface area contributed by atoms with Gasteiger partial charge in [0, 0.05) is 21.4 Å². The Kier molecular flexibility index (Phi) is 3.08. The van der Waals surface area contributed by atoms with Crippen molar-refractivity contribution in [2.45, 2.75) is 39.3 Å². The van der Waals surface area contributed by atoms with Gasteiger partial charge in [0.2, 0.25) is 0 Å². The van der Waals surface area contributed by atoms with Crippen molar-refractivity contribution in [1.29, 1.82) is 0 Å². The molecule has 0 saturated heterocycles. The third-order valence-electron chi connectivity index (χ3n) is 2.97. The number of benzene rings is 1. The second-order valence-electron chi connectivity index (χ2n) is 5.22. The predicted octanol–water partition coefficient (Wildman–Crippen LogP) is 4.21. The highest BCUT2D eigenvalue weighted by atomic mass is 79.9. The van der Waals surface area contributed by atoms with Crippen molar-refractivity contribution in [3.05, 3.63) is 34.4 Å². The molecule has 0 aliphatic heterocycles. The van der Waals surface area contributed by atoms with Crippen molar-refractivity contribution in [2.75, 3.05) is 0 Å². The summed E-state index contributed by atoms with van der Waals surface area (Å²) in [4.78, 5) is 0. The van der Waals surface area contributed by atoms with Gasteiger partial charge in [-0.2, -0.15) is 0 Å². The zero-order valence-electron chi connectivity index (χ0n) is 10.7. The number of aliphatic hydroxyl groups is 1. The van der Waals surface area contributed by atoms with Gasteiger partial charge in [-0.3, -0.25) is 0 Å². The molecule has 92 valence electrons. The Labute approximate surface area is 110 Å². The maximum Gasteiger partial charge on any atom is 0.0989 e. The van der Waals surface area contributed by atoms with Crippen LogP contribution in [0.1, 0.15) is 39.4 Å². The lowest BCUT2D eigenvalue weighted by Crippen LogP contribution is -2.21. The van der Waals surface area contributed by atoms with Crippen molar-refractivity contribution < 1.29 is 5.11 Å². The van der Waals surface area contributed by atoms with E-state index >= 15 is 0 Å². The molecular formula is C14H18BrNO. The molecule has 0 bridgehead atoms. The van der Waals surface area contributed by atoms with E-state index in [1.165, 1.54) is 0 Å². The number of rotatable bonds is 2. The summed E-state index contributed by atoms with van der Waals surface area (Å²) >= 11 is 3.57. The molecule has 0 fully saturated rings. The Morgan fingerprint density at radius 2 is 1.94 bits per heavy atom. The predicted molar refractivity (Wildman–Crippen MR) is 75.3 cm³/mol. The van der Waals surface area contributed by atoms with Crippen molar-refractivity contribution in [3.8, 4) is 0 Å². The van der Waals surface area contributed by atoms with Gasteiger partial charge in [0.1, 0.15) is 0 Å². The van der Waals surface area contributed by atoms with E-state index in [4.69, 9.17) is 0 Å². The minimum atomic E-state index is -0.831. The smallest absolute Gasteiger partial charge is 0.0989 e. The first kappa shape index (κ1) is 12.7. The van der Waals surface area contributed by atoms with Crippen LogP contribution in [-0.2, 0) is 5.60 Å². The molecule has 2 rings (SSSR count). The molecule has 2 nitrogen and oxygen atoms in total. The highest BCUT2D eigenvalue weighted by Gasteiger charge is 2.24. The summed E-state index contributed by atoms with van der Waals surface area (Å²) in [6.07, 6.45) is 0. The largest absolute Gasteiger partial charge is 0.384 e. The van der Waals surface area contributed by atoms with Gasteiger partial charge in [-0.25, -0.2) is 0 Å². The molecule has 0 amide bonds. The van der Waals surface area contributed by atoms with Gasteiger partial charge < -0.3 is 9.67 Å². The third-order valence-corrected chi connectivity index (χ3v) is 3.66. The lowest BCUT2D eigenvalue weighted by atomic mass is 10.1. The summed E-state index contributed by atoms with van der Waals surface area (Å²) in [6.45, 7) is 7.92. The maximum atomic E-state index is 10.3. The van der Waals surface area contributed by atoms with Crippen LogP contribution in [0.5, 0.6) is 0 Å². The average molecular weight is 296 g/mol. The first-order valence-electron chi connectivity index (χ1n) is 5.84. The Morgan fingerprint density at radius 1 is 1.29 bits per heavy atom. The summed E-state index contributed by atoms with van der Waals surface area (Å²) in [6, 6.07) is 8.54. The van der Waals surface area contributed by atoms with Crippen LogP contribution in [-0.4, -0.2) is 9.67 Å². The Bertz CT molecular complexity index is 549. The highest BCUT2D eigenvalue weighted by molar-refractivity contribution is 9.10. The van der Waals surface area contributed by atoms with Crippen molar-refractivity contribution >= 4 is 26.8 Å². The van der Waals surface area contributed by atoms with Crippen LogP contribution in [0, 0.1) is 0 Å². The van der Waals surface area contributed by atoms with Crippen LogP contribution in [0.3, 0.4) is 0 Å². The average Bonchev–Trinajstić information content (AvgIpc) is 2.57. The second-order valence-corrected chi connectivity index (χ2v) is 6.08. The van der Waals surface area contributed by atoms with Gasteiger partial charge in [-0.15, -0.1) is 0 Å². The van der Waals surface area contributed by atoms with Crippen molar-refractivity contribution in [3.63, 3.8) is 0 Å². The zero-order chi connectivity index (χ0) is 12.8. The molecule has 0 aliphatic rings. The molecule has 1 aromatic heterocycles. The van der Waals surface area contributed by atoms with Gasteiger partial charge in [-0.1, -0.05) is 22.0 Å². The number of hydrogen-bond donors (Lipinski definition) is 1. The lowest BCUT2D eigenvalue weighted by Gasteiger charge is -2.23. The summed E-state index contributed by atoms with van der Waals surface area (Å²) < 4.78 is 3.26. The molecule has 0 atom stereocenters. The fourth-order valence-electron chi connectivity index (χ4n) is 2.24. The van der Waals surface area contributed by atoms with E-state index in [0.717, 1.165) is 21.1 Å². The fourth-order valence-corrected chi connectivity index (χ4v) is 2.71. The molecule has 17 heavy (non-hydrogen) atoms. The molecule has 1 heterocycles. The molecular weight excluding hydrogens is 278 g/mol. The minimum absolute atomic E-state index is 0.322. The van der Waals surface area contributed by atoms with E-state index in [9.17, 15) is 5.11 Å². The maximum absolute atomic E-state index is 10.3. The van der Waals surface area contributed by atoms with Crippen molar-refractivity contribution in [2.24, 2.45) is 0 Å². The number of hydrogen-bond acceptors (Lipinski definition) is 1. The van der Waals surface area contributed by atoms with Crippen LogP contribution in [0.4, 0.5) is 0 Å². The van der Waals surface area contributed by atoms with Gasteiger partial charge in [0.15, 0.2) is 0 Å². The van der Waals surface area contributed by atoms with E-state index in [0.29, 0.717) is 6.04 Å². The fraction of sp³-hybridized carbons (Fsp3) is 0.429. The molecule has 3 heteroatoms. The van der Waals surface area contributed by atoms with Crippen LogP contribution in [0.25, 0.3) is 10.9 Å². The van der Waals surface area contributed by atoms with E-state index in [-0.39, 0.29) is 0 Å². The third kappa shape index (κ3) is 2.14. The molecule has 0 saturated carbocycles. The first-order chi connectivity index (χ1) is 7.82. The van der Waals surface area contributed by atoms with Gasteiger partial charge in [0.05, 0.1) is 11.3 Å². The Balaban J connectivity index is 2.85. The number of nitrogens with zero attached hydrogens (tertiary/aromatic N) is 1. The van der Waals surface area contributed by atoms with E-state index < -0.39 is 5.60 Å². The number of aromatic nitrogens is 1. The molecule has 0 spiro atoms. The normalized spacial score (nSPS) is 12.6. The zero-order valence-corrected chi connectivity index (χ0v) is 12.2. The van der Waals surface area contributed by atoms with Crippen LogP contribution < -0.4 is 0 Å². The quantitative estimate of drug-likeness (QED) is 0.882. The SMILES string of the molecule is CC(C)n1c(C(C)(C)O)cc2c(Br)cccc21. The topological polar surface area (TPSA) is 25.2 Å². The Hall–Kier alpha value is -0.800. The lowest BCUT2D eigenvalue weighted by molar-refractivity contribution is 0.0691. The standard InChI is InChI=1S/C14H18BrNO/c1-9(2)16-12-7-5-6-11(15)10(12)8-13(16)14(3,4)17/h5-9,17H,1-4H3. The van der Waals surface area contributed by atoms with E-state index in [1.807, 2.05) is 26.0 Å². The summed E-state index contributed by atoms with van der Waals surface area (Å²) in [5.41, 5.74) is 1.28. The molecule has 0 aliphatic carbocycles. The van der Waals surface area contributed by atoms with Gasteiger partial charge in [0.25, 0.3) is 0 Å². The number of halogens is 1. The summed E-state index contributed by atoms with van der Waals surface area (Å²) in [5.74, 6) is 0. The molecule has 0 unspecified atom stereocenters. The van der Waals surface area contributed by atoms with E-state index in [2.05, 4.69) is 46.5 Å². The molecule has 1 aromatic carbocycles. The molecule has 1 N–H and O–H groups in total. The monoisotopic (exact) mass is 295 g/mol. The Morgan fingerprint density at radius 3 is 2.47 bits per heavy atom.